The molecule has 0 saturated heterocycles. The van der Waals surface area contributed by atoms with Crippen molar-refractivity contribution >= 4 is 11.9 Å². The van der Waals surface area contributed by atoms with E-state index >= 15 is 0 Å². The number of allylic oxidation sites excluding steroid dienone is 1. The second kappa shape index (κ2) is 8.32. The van der Waals surface area contributed by atoms with Crippen molar-refractivity contribution in [3.63, 3.8) is 0 Å². The maximum Gasteiger partial charge on any atom is 0.339 e. The van der Waals surface area contributed by atoms with Crippen LogP contribution >= 0.6 is 0 Å². The standard InChI is InChI=1S/C17H22N2O3/c1-13(22-17(21)15-8-10-18-11-9-15)16(20)19-12-7-14-5-3-2-4-6-14/h5,8-11,13H,2-4,6-7,12H2,1H3,(H,19,20)/t13-/m1/s1. The first-order valence-corrected chi connectivity index (χ1v) is 7.73. The lowest BCUT2D eigenvalue weighted by molar-refractivity contribution is -0.129. The van der Waals surface area contributed by atoms with Crippen LogP contribution in [0.3, 0.4) is 0 Å². The van der Waals surface area contributed by atoms with E-state index in [0.717, 1.165) is 19.3 Å². The maximum atomic E-state index is 11.9. The number of pyridine rings is 1. The normalized spacial score (nSPS) is 15.6. The highest BCUT2D eigenvalue weighted by molar-refractivity contribution is 5.92. The lowest BCUT2D eigenvalue weighted by Gasteiger charge is -2.15. The molecular weight excluding hydrogens is 280 g/mol. The number of esters is 1. The number of carbonyl (C=O) groups is 2. The van der Waals surface area contributed by atoms with Crippen molar-refractivity contribution in [1.82, 2.24) is 10.3 Å². The summed E-state index contributed by atoms with van der Waals surface area (Å²) in [7, 11) is 0. The van der Waals surface area contributed by atoms with Crippen molar-refractivity contribution in [2.45, 2.75) is 45.1 Å². The van der Waals surface area contributed by atoms with Gasteiger partial charge >= 0.3 is 5.97 Å². The third-order valence-electron chi connectivity index (χ3n) is 3.70. The number of aromatic nitrogens is 1. The quantitative estimate of drug-likeness (QED) is 0.648. The molecule has 1 N–H and O–H groups in total. The van der Waals surface area contributed by atoms with E-state index in [2.05, 4.69) is 16.4 Å². The summed E-state index contributed by atoms with van der Waals surface area (Å²) in [5.74, 6) is -0.779. The van der Waals surface area contributed by atoms with Crippen molar-refractivity contribution in [3.8, 4) is 0 Å². The highest BCUT2D eigenvalue weighted by Crippen LogP contribution is 2.19. The molecule has 22 heavy (non-hydrogen) atoms. The fourth-order valence-electron chi connectivity index (χ4n) is 2.39. The average Bonchev–Trinajstić information content (AvgIpc) is 2.56. The zero-order valence-corrected chi connectivity index (χ0v) is 12.9. The van der Waals surface area contributed by atoms with Gasteiger partial charge in [-0.05, 0) is 51.2 Å². The molecule has 5 nitrogen and oxygen atoms in total. The van der Waals surface area contributed by atoms with Gasteiger partial charge in [0, 0.05) is 18.9 Å². The van der Waals surface area contributed by atoms with E-state index < -0.39 is 12.1 Å². The lowest BCUT2D eigenvalue weighted by Crippen LogP contribution is -2.36. The summed E-state index contributed by atoms with van der Waals surface area (Å²) >= 11 is 0. The van der Waals surface area contributed by atoms with Gasteiger partial charge < -0.3 is 10.1 Å². The molecule has 118 valence electrons. The molecule has 1 aromatic heterocycles. The van der Waals surface area contributed by atoms with Crippen molar-refractivity contribution < 1.29 is 14.3 Å². The van der Waals surface area contributed by atoms with Gasteiger partial charge in [0.05, 0.1) is 5.56 Å². The zero-order valence-electron chi connectivity index (χ0n) is 12.9. The Labute approximate surface area is 130 Å². The minimum absolute atomic E-state index is 0.265. The summed E-state index contributed by atoms with van der Waals surface area (Å²) in [5, 5.41) is 2.82. The summed E-state index contributed by atoms with van der Waals surface area (Å²) in [6.07, 6.45) is 10.1. The van der Waals surface area contributed by atoms with E-state index in [0.29, 0.717) is 12.1 Å². The molecule has 1 aliphatic carbocycles. The third kappa shape index (κ3) is 4.98. The van der Waals surface area contributed by atoms with Crippen LogP contribution < -0.4 is 5.32 Å². The molecule has 0 aromatic carbocycles. The highest BCUT2D eigenvalue weighted by atomic mass is 16.5. The van der Waals surface area contributed by atoms with Crippen molar-refractivity contribution in [2.75, 3.05) is 6.54 Å². The van der Waals surface area contributed by atoms with Crippen LogP contribution in [0.4, 0.5) is 0 Å². The minimum atomic E-state index is -0.805. The van der Waals surface area contributed by atoms with Crippen LogP contribution in [0.2, 0.25) is 0 Å². The number of nitrogens with one attached hydrogen (secondary N) is 1. The Morgan fingerprint density at radius 1 is 1.32 bits per heavy atom. The van der Waals surface area contributed by atoms with Gasteiger partial charge in [-0.1, -0.05) is 11.6 Å². The van der Waals surface area contributed by atoms with Crippen molar-refractivity contribution in [3.05, 3.63) is 41.7 Å². The van der Waals surface area contributed by atoms with Gasteiger partial charge in [0.2, 0.25) is 0 Å². The van der Waals surface area contributed by atoms with E-state index in [1.54, 1.807) is 19.1 Å². The summed E-state index contributed by atoms with van der Waals surface area (Å²) in [5.41, 5.74) is 1.80. The van der Waals surface area contributed by atoms with Gasteiger partial charge in [-0.3, -0.25) is 9.78 Å². The maximum absolute atomic E-state index is 11.9. The van der Waals surface area contributed by atoms with Crippen LogP contribution in [0.15, 0.2) is 36.2 Å². The fraction of sp³-hybridized carbons (Fsp3) is 0.471. The van der Waals surface area contributed by atoms with E-state index in [1.807, 2.05) is 0 Å². The first-order valence-electron chi connectivity index (χ1n) is 7.73. The van der Waals surface area contributed by atoms with Gasteiger partial charge in [0.1, 0.15) is 0 Å². The van der Waals surface area contributed by atoms with Gasteiger partial charge in [0.25, 0.3) is 5.91 Å². The van der Waals surface area contributed by atoms with Gasteiger partial charge in [-0.2, -0.15) is 0 Å². The predicted octanol–water partition coefficient (Wildman–Crippen LogP) is 2.63. The third-order valence-corrected chi connectivity index (χ3v) is 3.70. The molecule has 0 spiro atoms. The Hall–Kier alpha value is -2.17. The van der Waals surface area contributed by atoms with Gasteiger partial charge in [0.15, 0.2) is 6.10 Å². The molecule has 1 amide bonds. The number of rotatable bonds is 6. The number of amides is 1. The predicted molar refractivity (Wildman–Crippen MR) is 83.3 cm³/mol. The monoisotopic (exact) mass is 302 g/mol. The lowest BCUT2D eigenvalue weighted by atomic mass is 9.97. The van der Waals surface area contributed by atoms with Gasteiger partial charge in [-0.25, -0.2) is 4.79 Å². The first-order chi connectivity index (χ1) is 10.7. The molecule has 1 aliphatic rings. The van der Waals surface area contributed by atoms with Crippen molar-refractivity contribution in [1.29, 1.82) is 0 Å². The van der Waals surface area contributed by atoms with E-state index in [1.165, 1.54) is 30.8 Å². The molecule has 1 atom stereocenters. The zero-order chi connectivity index (χ0) is 15.8. The smallest absolute Gasteiger partial charge is 0.339 e. The number of nitrogens with zero attached hydrogens (tertiary/aromatic N) is 1. The molecule has 2 rings (SSSR count). The van der Waals surface area contributed by atoms with E-state index in [4.69, 9.17) is 4.74 Å². The second-order valence-corrected chi connectivity index (χ2v) is 5.43. The summed E-state index contributed by atoms with van der Waals surface area (Å²) in [6.45, 7) is 2.16. The number of hydrogen-bond donors (Lipinski definition) is 1. The summed E-state index contributed by atoms with van der Waals surface area (Å²) in [4.78, 5) is 27.6. The van der Waals surface area contributed by atoms with Crippen LogP contribution in [0.25, 0.3) is 0 Å². The first kappa shape index (κ1) is 16.2. The summed E-state index contributed by atoms with van der Waals surface area (Å²) in [6, 6.07) is 3.12. The van der Waals surface area contributed by atoms with Crippen LogP contribution in [0.5, 0.6) is 0 Å². The molecule has 0 fully saturated rings. The number of ether oxygens (including phenoxy) is 1. The van der Waals surface area contributed by atoms with Crippen LogP contribution in [0, 0.1) is 0 Å². The van der Waals surface area contributed by atoms with Gasteiger partial charge in [-0.15, -0.1) is 0 Å². The van der Waals surface area contributed by atoms with Crippen molar-refractivity contribution in [2.24, 2.45) is 0 Å². The molecule has 0 bridgehead atoms. The fourth-order valence-corrected chi connectivity index (χ4v) is 2.39. The SMILES string of the molecule is C[C@@H](OC(=O)c1ccncc1)C(=O)NCCC1=CCCCC1. The summed E-state index contributed by atoms with van der Waals surface area (Å²) < 4.78 is 5.15. The molecule has 0 unspecified atom stereocenters. The molecule has 1 aromatic rings. The Morgan fingerprint density at radius 2 is 2.09 bits per heavy atom. The molecule has 1 heterocycles. The second-order valence-electron chi connectivity index (χ2n) is 5.43. The Morgan fingerprint density at radius 3 is 2.77 bits per heavy atom. The van der Waals surface area contributed by atoms with E-state index in [-0.39, 0.29) is 5.91 Å². The van der Waals surface area contributed by atoms with Crippen LogP contribution in [-0.2, 0) is 9.53 Å². The largest absolute Gasteiger partial charge is 0.449 e. The molecule has 0 saturated carbocycles. The number of hydrogen-bond acceptors (Lipinski definition) is 4. The van der Waals surface area contributed by atoms with Crippen LogP contribution in [0.1, 0.15) is 49.4 Å². The minimum Gasteiger partial charge on any atom is -0.449 e. The molecular formula is C17H22N2O3. The topological polar surface area (TPSA) is 68.3 Å². The Bertz CT molecular complexity index is 540. The average molecular weight is 302 g/mol. The number of carbonyl (C=O) groups excluding carboxylic acids is 2. The molecule has 0 radical (unpaired) electrons. The van der Waals surface area contributed by atoms with E-state index in [9.17, 15) is 9.59 Å². The molecule has 0 aliphatic heterocycles. The Balaban J connectivity index is 1.72. The molecule has 5 heteroatoms. The Kier molecular flexibility index (Phi) is 6.13. The van der Waals surface area contributed by atoms with Crippen LogP contribution in [-0.4, -0.2) is 29.5 Å². The highest BCUT2D eigenvalue weighted by Gasteiger charge is 2.18.